The molecule has 1 aliphatic rings. The summed E-state index contributed by atoms with van der Waals surface area (Å²) in [4.78, 5) is 13.1. The van der Waals surface area contributed by atoms with Gasteiger partial charge < -0.3 is 14.5 Å². The molecule has 7 nitrogen and oxygen atoms in total. The second kappa shape index (κ2) is 8.67. The number of rotatable bonds is 7. The van der Waals surface area contributed by atoms with E-state index in [1.807, 2.05) is 13.0 Å². The number of fused-ring (bicyclic) bond motifs is 1. The summed E-state index contributed by atoms with van der Waals surface area (Å²) in [5.74, 6) is 1.61. The van der Waals surface area contributed by atoms with Gasteiger partial charge in [0.25, 0.3) is 5.91 Å². The Morgan fingerprint density at radius 1 is 1.26 bits per heavy atom. The summed E-state index contributed by atoms with van der Waals surface area (Å²) in [6.07, 6.45) is 1.59. The predicted octanol–water partition coefficient (Wildman–Crippen LogP) is 4.07. The minimum atomic E-state index is -3.78. The molecule has 1 aliphatic carbocycles. The monoisotopic (exact) mass is 448 g/mol. The van der Waals surface area contributed by atoms with Crippen LogP contribution in [0.3, 0.4) is 0 Å². The van der Waals surface area contributed by atoms with Crippen molar-refractivity contribution >= 4 is 15.9 Å². The quantitative estimate of drug-likeness (QED) is 0.690. The zero-order chi connectivity index (χ0) is 23.0. The van der Waals surface area contributed by atoms with Gasteiger partial charge in [-0.3, -0.25) is 4.79 Å². The van der Waals surface area contributed by atoms with Crippen molar-refractivity contribution in [1.82, 2.24) is 9.62 Å². The summed E-state index contributed by atoms with van der Waals surface area (Å²) in [5.41, 5.74) is 1.25. The van der Waals surface area contributed by atoms with Gasteiger partial charge in [-0.15, -0.1) is 0 Å². The van der Waals surface area contributed by atoms with Crippen molar-refractivity contribution in [3.05, 3.63) is 46.9 Å². The molecule has 1 heterocycles. The molecular formula is C23H32N2O5S. The highest BCUT2D eigenvalue weighted by Crippen LogP contribution is 2.42. The van der Waals surface area contributed by atoms with Crippen LogP contribution in [-0.2, 0) is 16.4 Å². The summed E-state index contributed by atoms with van der Waals surface area (Å²) in [5, 5.41) is 3.09. The van der Waals surface area contributed by atoms with E-state index in [0.29, 0.717) is 13.1 Å². The maximum atomic E-state index is 13.1. The van der Waals surface area contributed by atoms with Crippen LogP contribution in [0.2, 0.25) is 0 Å². The second-order valence-corrected chi connectivity index (χ2v) is 10.7. The molecule has 1 unspecified atom stereocenters. The van der Waals surface area contributed by atoms with E-state index in [1.165, 1.54) is 23.5 Å². The topological polar surface area (TPSA) is 88.9 Å². The molecule has 8 heteroatoms. The lowest BCUT2D eigenvalue weighted by Crippen LogP contribution is -2.36. The van der Waals surface area contributed by atoms with Gasteiger partial charge in [-0.2, -0.15) is 4.31 Å². The van der Waals surface area contributed by atoms with Crippen molar-refractivity contribution in [2.75, 3.05) is 20.2 Å². The van der Waals surface area contributed by atoms with Crippen LogP contribution in [-0.4, -0.2) is 38.8 Å². The molecule has 0 saturated carbocycles. The molecule has 1 atom stereocenters. The third kappa shape index (κ3) is 4.65. The number of furan rings is 1. The minimum Gasteiger partial charge on any atom is -0.495 e. The van der Waals surface area contributed by atoms with E-state index in [4.69, 9.17) is 9.15 Å². The van der Waals surface area contributed by atoms with Crippen LogP contribution in [0.4, 0.5) is 0 Å². The van der Waals surface area contributed by atoms with Gasteiger partial charge in [0.1, 0.15) is 22.2 Å². The zero-order valence-electron chi connectivity index (χ0n) is 19.1. The molecule has 0 aliphatic heterocycles. The predicted molar refractivity (Wildman–Crippen MR) is 119 cm³/mol. The highest BCUT2D eigenvalue weighted by molar-refractivity contribution is 7.89. The number of aryl methyl sites for hydroxylation is 1. The van der Waals surface area contributed by atoms with Crippen LogP contribution in [0.15, 0.2) is 33.6 Å². The molecule has 2 aromatic rings. The van der Waals surface area contributed by atoms with Crippen LogP contribution in [0, 0.1) is 12.3 Å². The Balaban J connectivity index is 1.94. The first-order valence-corrected chi connectivity index (χ1v) is 12.0. The lowest BCUT2D eigenvalue weighted by atomic mass is 9.74. The third-order valence-electron chi connectivity index (χ3n) is 5.79. The fraction of sp³-hybridized carbons (Fsp3) is 0.522. The number of amides is 1. The Morgan fingerprint density at radius 2 is 1.94 bits per heavy atom. The standard InChI is InChI=1S/C23H32N2O5S/c1-7-25(8-2)31(27,28)21-12-16(9-10-19(21)29-6)22(26)24-18-13-23(4,5)14-20-17(18)11-15(3)30-20/h9-12,18H,7-8,13-14H2,1-6H3,(H,24,26). The summed E-state index contributed by atoms with van der Waals surface area (Å²) < 4.78 is 38.7. The number of benzene rings is 1. The van der Waals surface area contributed by atoms with Gasteiger partial charge >= 0.3 is 0 Å². The van der Waals surface area contributed by atoms with E-state index < -0.39 is 10.0 Å². The number of hydrogen-bond donors (Lipinski definition) is 1. The number of hydrogen-bond acceptors (Lipinski definition) is 5. The Kier molecular flexibility index (Phi) is 6.53. The molecule has 0 radical (unpaired) electrons. The smallest absolute Gasteiger partial charge is 0.251 e. The number of sulfonamides is 1. The molecule has 170 valence electrons. The van der Waals surface area contributed by atoms with Crippen molar-refractivity contribution in [2.24, 2.45) is 5.41 Å². The van der Waals surface area contributed by atoms with Crippen LogP contribution in [0.5, 0.6) is 5.75 Å². The number of nitrogens with one attached hydrogen (secondary N) is 1. The molecule has 0 bridgehead atoms. The molecule has 3 rings (SSSR count). The van der Waals surface area contributed by atoms with E-state index in [2.05, 4.69) is 19.2 Å². The first kappa shape index (κ1) is 23.3. The fourth-order valence-corrected chi connectivity index (χ4v) is 5.92. The van der Waals surface area contributed by atoms with E-state index in [9.17, 15) is 13.2 Å². The lowest BCUT2D eigenvalue weighted by Gasteiger charge is -2.34. The first-order valence-electron chi connectivity index (χ1n) is 10.6. The Hall–Kier alpha value is -2.32. The normalized spacial score (nSPS) is 18.0. The number of ether oxygens (including phenoxy) is 1. The zero-order valence-corrected chi connectivity index (χ0v) is 19.9. The highest BCUT2D eigenvalue weighted by Gasteiger charge is 2.36. The molecule has 0 fully saturated rings. The largest absolute Gasteiger partial charge is 0.495 e. The van der Waals surface area contributed by atoms with Gasteiger partial charge in [0.2, 0.25) is 10.0 Å². The van der Waals surface area contributed by atoms with E-state index in [1.54, 1.807) is 19.9 Å². The Bertz CT molecular complexity index is 1070. The average Bonchev–Trinajstić information content (AvgIpc) is 3.07. The molecule has 1 aromatic carbocycles. The number of methoxy groups -OCH3 is 1. The van der Waals surface area contributed by atoms with Crippen molar-refractivity contribution in [3.63, 3.8) is 0 Å². The van der Waals surface area contributed by atoms with Gasteiger partial charge in [0.15, 0.2) is 0 Å². The average molecular weight is 449 g/mol. The molecule has 31 heavy (non-hydrogen) atoms. The highest BCUT2D eigenvalue weighted by atomic mass is 32.2. The fourth-order valence-electron chi connectivity index (χ4n) is 4.28. The van der Waals surface area contributed by atoms with Crippen molar-refractivity contribution < 1.29 is 22.4 Å². The van der Waals surface area contributed by atoms with Gasteiger partial charge in [-0.05, 0) is 43.0 Å². The number of carbonyl (C=O) groups is 1. The molecule has 1 aromatic heterocycles. The van der Waals surface area contributed by atoms with Crippen LogP contribution < -0.4 is 10.1 Å². The molecule has 0 saturated heterocycles. The van der Waals surface area contributed by atoms with Crippen LogP contribution in [0.1, 0.15) is 67.6 Å². The Labute approximate surface area is 184 Å². The van der Waals surface area contributed by atoms with Gasteiger partial charge in [0, 0.05) is 30.6 Å². The second-order valence-electron chi connectivity index (χ2n) is 8.76. The van der Waals surface area contributed by atoms with Gasteiger partial charge in [-0.25, -0.2) is 8.42 Å². The summed E-state index contributed by atoms with van der Waals surface area (Å²) in [6.45, 7) is 10.4. The lowest BCUT2D eigenvalue weighted by molar-refractivity contribution is 0.0917. The molecule has 0 spiro atoms. The van der Waals surface area contributed by atoms with E-state index in [0.717, 1.165) is 29.9 Å². The SMILES string of the molecule is CCN(CC)S(=O)(=O)c1cc(C(=O)NC2CC(C)(C)Cc3oc(C)cc32)ccc1OC. The van der Waals surface area contributed by atoms with Gasteiger partial charge in [0.05, 0.1) is 13.2 Å². The van der Waals surface area contributed by atoms with Crippen molar-refractivity contribution in [3.8, 4) is 5.75 Å². The first-order chi connectivity index (χ1) is 14.5. The maximum Gasteiger partial charge on any atom is 0.251 e. The number of nitrogens with zero attached hydrogens (tertiary/aromatic N) is 1. The minimum absolute atomic E-state index is 0.00447. The van der Waals surface area contributed by atoms with Gasteiger partial charge in [-0.1, -0.05) is 27.7 Å². The Morgan fingerprint density at radius 3 is 2.55 bits per heavy atom. The van der Waals surface area contributed by atoms with E-state index in [-0.39, 0.29) is 33.6 Å². The maximum absolute atomic E-state index is 13.1. The van der Waals surface area contributed by atoms with Crippen molar-refractivity contribution in [2.45, 2.75) is 58.4 Å². The summed E-state index contributed by atoms with van der Waals surface area (Å²) >= 11 is 0. The number of carbonyl (C=O) groups excluding carboxylic acids is 1. The van der Waals surface area contributed by atoms with Crippen LogP contribution >= 0.6 is 0 Å². The molecule has 1 amide bonds. The van der Waals surface area contributed by atoms with Crippen LogP contribution in [0.25, 0.3) is 0 Å². The van der Waals surface area contributed by atoms with Crippen molar-refractivity contribution in [1.29, 1.82) is 0 Å². The van der Waals surface area contributed by atoms with E-state index >= 15 is 0 Å². The summed E-state index contributed by atoms with van der Waals surface area (Å²) in [7, 11) is -2.36. The molecular weight excluding hydrogens is 416 g/mol. The third-order valence-corrected chi connectivity index (χ3v) is 7.86. The molecule has 1 N–H and O–H groups in total. The summed E-state index contributed by atoms with van der Waals surface area (Å²) in [6, 6.07) is 6.29.